The van der Waals surface area contributed by atoms with Crippen LogP contribution in [-0.4, -0.2) is 15.0 Å². The van der Waals surface area contributed by atoms with Gasteiger partial charge in [0.1, 0.15) is 5.82 Å². The van der Waals surface area contributed by atoms with Crippen molar-refractivity contribution in [3.05, 3.63) is 29.1 Å². The highest BCUT2D eigenvalue weighted by molar-refractivity contribution is 7.89. The van der Waals surface area contributed by atoms with Crippen molar-refractivity contribution in [3.63, 3.8) is 0 Å². The van der Waals surface area contributed by atoms with Crippen molar-refractivity contribution in [1.82, 2.24) is 4.72 Å². The lowest BCUT2D eigenvalue weighted by molar-refractivity contribution is 0.452. The van der Waals surface area contributed by atoms with Crippen LogP contribution in [0, 0.1) is 30.3 Å². The minimum absolute atomic E-state index is 0.0107. The number of hydrogen-bond donors (Lipinski definition) is 1. The van der Waals surface area contributed by atoms with Gasteiger partial charge in [0.15, 0.2) is 16.5 Å². The predicted molar refractivity (Wildman–Crippen MR) is 61.1 cm³/mol. The zero-order valence-corrected chi connectivity index (χ0v) is 11.0. The van der Waals surface area contributed by atoms with Crippen LogP contribution in [0.4, 0.5) is 13.2 Å². The second-order valence-corrected chi connectivity index (χ2v) is 6.08. The number of sulfonamides is 1. The molecule has 0 unspecified atom stereocenters. The average molecular weight is 281 g/mol. The molecule has 0 fully saturated rings. The number of hydrogen-bond acceptors (Lipinski definition) is 2. The normalized spacial score (nSPS) is 12.2. The van der Waals surface area contributed by atoms with Gasteiger partial charge in [0.25, 0.3) is 0 Å². The first-order chi connectivity index (χ1) is 8.16. The summed E-state index contributed by atoms with van der Waals surface area (Å²) in [6.07, 6.45) is 0. The maximum atomic E-state index is 13.6. The lowest BCUT2D eigenvalue weighted by Crippen LogP contribution is -2.29. The van der Waals surface area contributed by atoms with E-state index in [0.29, 0.717) is 6.07 Å². The van der Waals surface area contributed by atoms with E-state index in [9.17, 15) is 21.6 Å². The third-order valence-corrected chi connectivity index (χ3v) is 3.69. The van der Waals surface area contributed by atoms with Crippen molar-refractivity contribution in [1.29, 1.82) is 0 Å². The lowest BCUT2D eigenvalue weighted by Gasteiger charge is -2.11. The van der Waals surface area contributed by atoms with E-state index in [4.69, 9.17) is 0 Å². The molecule has 0 amide bonds. The average Bonchev–Trinajstić information content (AvgIpc) is 2.24. The van der Waals surface area contributed by atoms with Crippen molar-refractivity contribution in [2.45, 2.75) is 25.7 Å². The third kappa shape index (κ3) is 3.02. The molecule has 7 heteroatoms. The van der Waals surface area contributed by atoms with Crippen LogP contribution in [-0.2, 0) is 10.0 Å². The summed E-state index contributed by atoms with van der Waals surface area (Å²) in [5, 5.41) is 0. The first kappa shape index (κ1) is 15.0. The maximum Gasteiger partial charge on any atom is 0.246 e. The van der Waals surface area contributed by atoms with Crippen LogP contribution in [0.15, 0.2) is 11.0 Å². The molecule has 0 aliphatic carbocycles. The fourth-order valence-electron chi connectivity index (χ4n) is 1.29. The van der Waals surface area contributed by atoms with Crippen LogP contribution in [0.25, 0.3) is 0 Å². The quantitative estimate of drug-likeness (QED) is 0.861. The van der Waals surface area contributed by atoms with Gasteiger partial charge in [-0.05, 0) is 24.5 Å². The molecule has 1 aromatic rings. The second kappa shape index (κ2) is 5.27. The van der Waals surface area contributed by atoms with E-state index in [1.807, 2.05) is 4.72 Å². The molecule has 0 atom stereocenters. The molecule has 3 nitrogen and oxygen atoms in total. The van der Waals surface area contributed by atoms with Gasteiger partial charge in [-0.1, -0.05) is 13.8 Å². The van der Waals surface area contributed by atoms with Gasteiger partial charge in [-0.25, -0.2) is 26.3 Å². The number of nitrogens with one attached hydrogen (secondary N) is 1. The van der Waals surface area contributed by atoms with Crippen molar-refractivity contribution >= 4 is 10.0 Å². The first-order valence-corrected chi connectivity index (χ1v) is 6.79. The van der Waals surface area contributed by atoms with Gasteiger partial charge in [0, 0.05) is 6.54 Å². The Labute approximate surface area is 104 Å². The number of benzene rings is 1. The highest BCUT2D eigenvalue weighted by Crippen LogP contribution is 2.24. The van der Waals surface area contributed by atoms with Crippen molar-refractivity contribution < 1.29 is 21.6 Å². The predicted octanol–water partition coefficient (Wildman–Crippen LogP) is 2.35. The fourth-order valence-corrected chi connectivity index (χ4v) is 2.71. The Morgan fingerprint density at radius 1 is 1.22 bits per heavy atom. The summed E-state index contributed by atoms with van der Waals surface area (Å²) < 4.78 is 65.7. The molecule has 1 aromatic carbocycles. The molecular weight excluding hydrogens is 267 g/mol. The van der Waals surface area contributed by atoms with Crippen LogP contribution in [0.3, 0.4) is 0 Å². The molecule has 0 aliphatic rings. The van der Waals surface area contributed by atoms with Crippen molar-refractivity contribution in [2.75, 3.05) is 6.54 Å². The Hall–Kier alpha value is -1.08. The van der Waals surface area contributed by atoms with E-state index in [2.05, 4.69) is 0 Å². The third-order valence-electron chi connectivity index (χ3n) is 2.25. The Bertz CT molecular complexity index is 530. The molecule has 1 rings (SSSR count). The van der Waals surface area contributed by atoms with Crippen LogP contribution >= 0.6 is 0 Å². The van der Waals surface area contributed by atoms with Gasteiger partial charge in [-0.15, -0.1) is 0 Å². The minimum Gasteiger partial charge on any atom is -0.211 e. The summed E-state index contributed by atoms with van der Waals surface area (Å²) in [4.78, 5) is -1.26. The molecule has 0 heterocycles. The van der Waals surface area contributed by atoms with E-state index in [-0.39, 0.29) is 18.0 Å². The SMILES string of the molecule is Cc1cc(F)c(F)c(S(=O)(=O)NCC(C)C)c1F. The number of aryl methyl sites for hydroxylation is 1. The van der Waals surface area contributed by atoms with E-state index < -0.39 is 32.4 Å². The summed E-state index contributed by atoms with van der Waals surface area (Å²) in [5.41, 5.74) is -0.265. The number of rotatable bonds is 4. The Kier molecular flexibility index (Phi) is 4.39. The van der Waals surface area contributed by atoms with Gasteiger partial charge in [-0.2, -0.15) is 0 Å². The Balaban J connectivity index is 3.32. The molecule has 0 aromatic heterocycles. The minimum atomic E-state index is -4.40. The fraction of sp³-hybridized carbons (Fsp3) is 0.455. The monoisotopic (exact) mass is 281 g/mol. The summed E-state index contributed by atoms with van der Waals surface area (Å²) in [6.45, 7) is 4.63. The van der Waals surface area contributed by atoms with Gasteiger partial charge < -0.3 is 0 Å². The van der Waals surface area contributed by atoms with Gasteiger partial charge in [0.2, 0.25) is 10.0 Å². The lowest BCUT2D eigenvalue weighted by atomic mass is 10.2. The van der Waals surface area contributed by atoms with Crippen LogP contribution < -0.4 is 4.72 Å². The molecule has 0 radical (unpaired) electrons. The second-order valence-electron chi connectivity index (χ2n) is 4.38. The smallest absolute Gasteiger partial charge is 0.211 e. The summed E-state index contributed by atoms with van der Waals surface area (Å²) in [7, 11) is -4.40. The standard InChI is InChI=1S/C11H14F3NO2S/c1-6(2)5-15-18(16,17)11-9(13)7(3)4-8(12)10(11)14/h4,6,15H,5H2,1-3H3. The largest absolute Gasteiger partial charge is 0.246 e. The van der Waals surface area contributed by atoms with Crippen molar-refractivity contribution in [3.8, 4) is 0 Å². The van der Waals surface area contributed by atoms with E-state index in [0.717, 1.165) is 0 Å². The maximum absolute atomic E-state index is 13.6. The zero-order chi connectivity index (χ0) is 14.1. The van der Waals surface area contributed by atoms with Crippen LogP contribution in [0.1, 0.15) is 19.4 Å². The molecule has 1 N–H and O–H groups in total. The van der Waals surface area contributed by atoms with Gasteiger partial charge in [0.05, 0.1) is 0 Å². The van der Waals surface area contributed by atoms with E-state index >= 15 is 0 Å². The van der Waals surface area contributed by atoms with Crippen molar-refractivity contribution in [2.24, 2.45) is 5.92 Å². The van der Waals surface area contributed by atoms with E-state index in [1.165, 1.54) is 6.92 Å². The van der Waals surface area contributed by atoms with Crippen LogP contribution in [0.5, 0.6) is 0 Å². The molecule has 0 saturated heterocycles. The first-order valence-electron chi connectivity index (χ1n) is 5.30. The number of halogens is 3. The summed E-state index contributed by atoms with van der Waals surface area (Å²) in [5.74, 6) is -4.40. The molecular formula is C11H14F3NO2S. The zero-order valence-electron chi connectivity index (χ0n) is 10.2. The van der Waals surface area contributed by atoms with Gasteiger partial charge >= 0.3 is 0 Å². The molecule has 18 heavy (non-hydrogen) atoms. The molecule has 0 aliphatic heterocycles. The summed E-state index contributed by atoms with van der Waals surface area (Å²) >= 11 is 0. The van der Waals surface area contributed by atoms with Crippen LogP contribution in [0.2, 0.25) is 0 Å². The Morgan fingerprint density at radius 3 is 2.28 bits per heavy atom. The van der Waals surface area contributed by atoms with Gasteiger partial charge in [-0.3, -0.25) is 0 Å². The molecule has 0 bridgehead atoms. The highest BCUT2D eigenvalue weighted by atomic mass is 32.2. The van der Waals surface area contributed by atoms with E-state index in [1.54, 1.807) is 13.8 Å². The topological polar surface area (TPSA) is 46.2 Å². The molecule has 0 spiro atoms. The summed E-state index contributed by atoms with van der Waals surface area (Å²) in [6, 6.07) is 0.617. The Morgan fingerprint density at radius 2 is 1.78 bits per heavy atom. The highest BCUT2D eigenvalue weighted by Gasteiger charge is 2.28. The molecule has 0 saturated carbocycles. The molecule has 102 valence electrons.